The molecule has 2 aromatic carbocycles. The summed E-state index contributed by atoms with van der Waals surface area (Å²) in [6.45, 7) is 4.96. The molecule has 12 heteroatoms. The first-order chi connectivity index (χ1) is 23.0. The summed E-state index contributed by atoms with van der Waals surface area (Å²) in [5.41, 5.74) is 4.69. The number of fused-ring (bicyclic) bond motifs is 1. The SMILES string of the molecule is COC(=O)[C@H]1OC(Oc2ccc3c([C@@H]4C(=O)CC(=O)[C@H]4c4cn5c6c(cccc46)CCC5)c[nH]c3c2)[C@H](C)[C@@H](OC(C)=O)[C@@H]1OC(C)=O. The van der Waals surface area contributed by atoms with Crippen LogP contribution in [0.1, 0.15) is 62.1 Å². The minimum Gasteiger partial charge on any atom is -0.467 e. The van der Waals surface area contributed by atoms with Gasteiger partial charge < -0.3 is 33.2 Å². The predicted molar refractivity (Wildman–Crippen MR) is 170 cm³/mol. The highest BCUT2D eigenvalue weighted by Crippen LogP contribution is 2.47. The number of aromatic amines is 1. The molecule has 250 valence electrons. The molecule has 4 aromatic rings. The van der Waals surface area contributed by atoms with E-state index in [1.165, 1.54) is 26.5 Å². The van der Waals surface area contributed by atoms with Crippen molar-refractivity contribution in [3.8, 4) is 5.75 Å². The molecule has 0 amide bonds. The molecule has 0 radical (unpaired) electrons. The van der Waals surface area contributed by atoms with Gasteiger partial charge in [-0.25, -0.2) is 4.79 Å². The standard InChI is InChI=1S/C36H36N2O10/c1-17-32(45-18(2)39)33(46-19(3)40)34(35(43)44-4)48-36(17)47-21-10-11-22-24(15-37-26(22)13-21)29-27(41)14-28(42)30(29)25-16-38-12-6-8-20-7-5-9-23(25)31(20)38/h5,7,9-11,13,15-17,29-30,32-34,36-37H,6,8,12,14H2,1-4H3/t17-,29-,30-,32-,33+,34+,36?/m1/s1. The molecule has 12 nitrogen and oxygen atoms in total. The summed E-state index contributed by atoms with van der Waals surface area (Å²) in [6.07, 6.45) is 0.902. The van der Waals surface area contributed by atoms with E-state index < -0.39 is 60.3 Å². The van der Waals surface area contributed by atoms with Crippen LogP contribution in [-0.4, -0.2) is 70.7 Å². The number of nitrogens with one attached hydrogen (secondary N) is 1. The Bertz CT molecular complexity index is 1970. The zero-order valence-electron chi connectivity index (χ0n) is 27.0. The van der Waals surface area contributed by atoms with E-state index in [4.69, 9.17) is 23.7 Å². The number of aromatic nitrogens is 2. The minimum atomic E-state index is -1.42. The van der Waals surface area contributed by atoms with Gasteiger partial charge in [0.05, 0.1) is 36.8 Å². The van der Waals surface area contributed by atoms with Gasteiger partial charge in [-0.1, -0.05) is 25.1 Å². The molecular weight excluding hydrogens is 620 g/mol. The zero-order chi connectivity index (χ0) is 33.9. The summed E-state index contributed by atoms with van der Waals surface area (Å²) < 4.78 is 30.1. The number of hydrogen-bond acceptors (Lipinski definition) is 10. The fourth-order valence-electron chi connectivity index (χ4n) is 7.69. The number of hydrogen-bond donors (Lipinski definition) is 1. The summed E-state index contributed by atoms with van der Waals surface area (Å²) in [5.74, 6) is -3.89. The Kier molecular flexibility index (Phi) is 8.06. The first-order valence-corrected chi connectivity index (χ1v) is 16.1. The van der Waals surface area contributed by atoms with Crippen LogP contribution < -0.4 is 4.74 Å². The maximum Gasteiger partial charge on any atom is 0.339 e. The molecule has 1 aliphatic carbocycles. The molecule has 1 unspecified atom stereocenters. The lowest BCUT2D eigenvalue weighted by Crippen LogP contribution is -2.60. The molecule has 48 heavy (non-hydrogen) atoms. The monoisotopic (exact) mass is 656 g/mol. The number of nitrogens with zero attached hydrogens (tertiary/aromatic N) is 1. The van der Waals surface area contributed by atoms with Crippen molar-refractivity contribution in [2.75, 3.05) is 7.11 Å². The average molecular weight is 657 g/mol. The molecular formula is C36H36N2O10. The van der Waals surface area contributed by atoms with Crippen molar-refractivity contribution in [3.05, 3.63) is 65.5 Å². The number of benzene rings is 2. The summed E-state index contributed by atoms with van der Waals surface area (Å²) >= 11 is 0. The van der Waals surface area contributed by atoms with Gasteiger partial charge in [-0.3, -0.25) is 19.2 Å². The summed E-state index contributed by atoms with van der Waals surface area (Å²) in [4.78, 5) is 66.8. The van der Waals surface area contributed by atoms with Gasteiger partial charge in [0.2, 0.25) is 6.29 Å². The number of esters is 3. The van der Waals surface area contributed by atoms with E-state index in [9.17, 15) is 24.0 Å². The number of H-pyrrole nitrogens is 1. The minimum absolute atomic E-state index is 0.0824. The highest BCUT2D eigenvalue weighted by molar-refractivity contribution is 6.16. The first-order valence-electron chi connectivity index (χ1n) is 16.1. The largest absolute Gasteiger partial charge is 0.467 e. The number of aryl methyl sites for hydroxylation is 2. The van der Waals surface area contributed by atoms with E-state index in [2.05, 4.69) is 21.8 Å². The van der Waals surface area contributed by atoms with Crippen LogP contribution in [0.4, 0.5) is 0 Å². The van der Waals surface area contributed by atoms with E-state index in [0.29, 0.717) is 11.3 Å². The van der Waals surface area contributed by atoms with Crippen LogP contribution in [0.5, 0.6) is 5.75 Å². The summed E-state index contributed by atoms with van der Waals surface area (Å²) in [6, 6.07) is 11.5. The van der Waals surface area contributed by atoms with Crippen LogP contribution in [0.3, 0.4) is 0 Å². The Morgan fingerprint density at radius 2 is 1.67 bits per heavy atom. The highest BCUT2D eigenvalue weighted by Gasteiger charge is 2.52. The van der Waals surface area contributed by atoms with Crippen molar-refractivity contribution >= 4 is 51.3 Å². The Morgan fingerprint density at radius 3 is 2.40 bits per heavy atom. The van der Waals surface area contributed by atoms with Gasteiger partial charge in [0.25, 0.3) is 0 Å². The molecule has 7 atom stereocenters. The number of ether oxygens (including phenoxy) is 5. The number of ketones is 2. The Morgan fingerprint density at radius 1 is 0.938 bits per heavy atom. The molecule has 2 fully saturated rings. The van der Waals surface area contributed by atoms with Gasteiger partial charge in [0, 0.05) is 55.1 Å². The van der Waals surface area contributed by atoms with E-state index in [1.54, 1.807) is 25.3 Å². The topological polar surface area (TPSA) is 152 Å². The molecule has 0 bridgehead atoms. The number of methoxy groups -OCH3 is 1. The molecule has 1 N–H and O–H groups in total. The smallest absolute Gasteiger partial charge is 0.339 e. The summed E-state index contributed by atoms with van der Waals surface area (Å²) in [7, 11) is 1.17. The predicted octanol–water partition coefficient (Wildman–Crippen LogP) is 4.25. The molecule has 2 aliphatic heterocycles. The third-order valence-corrected chi connectivity index (χ3v) is 9.73. The van der Waals surface area contributed by atoms with Crippen molar-refractivity contribution in [3.63, 3.8) is 0 Å². The number of para-hydroxylation sites is 1. The van der Waals surface area contributed by atoms with Gasteiger partial charge in [-0.2, -0.15) is 0 Å². The van der Waals surface area contributed by atoms with Gasteiger partial charge in [0.1, 0.15) is 17.3 Å². The lowest BCUT2D eigenvalue weighted by Gasteiger charge is -2.42. The van der Waals surface area contributed by atoms with Crippen molar-refractivity contribution in [2.45, 2.75) is 83.0 Å². The van der Waals surface area contributed by atoms with E-state index >= 15 is 0 Å². The van der Waals surface area contributed by atoms with E-state index in [-0.39, 0.29) is 18.0 Å². The number of rotatable bonds is 7. The van der Waals surface area contributed by atoms with Crippen LogP contribution in [0, 0.1) is 5.92 Å². The fraction of sp³-hybridized carbons (Fsp3) is 0.417. The Labute approximate surface area is 275 Å². The Hall–Kier alpha value is -4.97. The number of carbonyl (C=O) groups is 5. The maximum absolute atomic E-state index is 13.5. The van der Waals surface area contributed by atoms with Crippen LogP contribution in [0.2, 0.25) is 0 Å². The molecule has 4 heterocycles. The second-order valence-corrected chi connectivity index (χ2v) is 12.8. The molecule has 3 aliphatic rings. The van der Waals surface area contributed by atoms with Crippen LogP contribution in [0.25, 0.3) is 21.8 Å². The molecule has 1 saturated heterocycles. The van der Waals surface area contributed by atoms with Crippen LogP contribution in [0.15, 0.2) is 48.8 Å². The quantitative estimate of drug-likeness (QED) is 0.174. The average Bonchev–Trinajstić information content (AvgIpc) is 3.72. The first kappa shape index (κ1) is 31.6. The van der Waals surface area contributed by atoms with Gasteiger partial charge >= 0.3 is 17.9 Å². The number of carbonyl (C=O) groups excluding carboxylic acids is 5. The Balaban J connectivity index is 1.20. The second-order valence-electron chi connectivity index (χ2n) is 12.8. The molecule has 1 saturated carbocycles. The van der Waals surface area contributed by atoms with Crippen LogP contribution in [-0.2, 0) is 55.9 Å². The van der Waals surface area contributed by atoms with Crippen molar-refractivity contribution in [2.24, 2.45) is 5.92 Å². The van der Waals surface area contributed by atoms with Crippen LogP contribution >= 0.6 is 0 Å². The lowest BCUT2D eigenvalue weighted by atomic mass is 9.83. The van der Waals surface area contributed by atoms with Crippen molar-refractivity contribution in [1.29, 1.82) is 0 Å². The third-order valence-electron chi connectivity index (χ3n) is 9.73. The zero-order valence-corrected chi connectivity index (χ0v) is 27.0. The van der Waals surface area contributed by atoms with Gasteiger partial charge in [-0.05, 0) is 41.7 Å². The van der Waals surface area contributed by atoms with E-state index in [0.717, 1.165) is 46.8 Å². The van der Waals surface area contributed by atoms with E-state index in [1.807, 2.05) is 18.2 Å². The lowest BCUT2D eigenvalue weighted by molar-refractivity contribution is -0.261. The highest BCUT2D eigenvalue weighted by atomic mass is 16.7. The maximum atomic E-state index is 13.5. The van der Waals surface area contributed by atoms with Gasteiger partial charge in [0.15, 0.2) is 18.3 Å². The normalized spacial score (nSPS) is 26.9. The number of Topliss-reactive ketones (excluding diaryl/α,β-unsaturated/α-hetero) is 2. The van der Waals surface area contributed by atoms with Gasteiger partial charge in [-0.15, -0.1) is 0 Å². The molecule has 0 spiro atoms. The second kappa shape index (κ2) is 12.2. The molecule has 7 rings (SSSR count). The van der Waals surface area contributed by atoms with Crippen molar-refractivity contribution < 1.29 is 47.7 Å². The summed E-state index contributed by atoms with van der Waals surface area (Å²) in [5, 5.41) is 1.79. The molecule has 2 aromatic heterocycles. The fourth-order valence-corrected chi connectivity index (χ4v) is 7.69. The van der Waals surface area contributed by atoms with Crippen molar-refractivity contribution in [1.82, 2.24) is 9.55 Å². The third kappa shape index (κ3) is 5.33.